The van der Waals surface area contributed by atoms with E-state index < -0.39 is 18.2 Å². The van der Waals surface area contributed by atoms with Gasteiger partial charge < -0.3 is 20.4 Å². The molecule has 2 aromatic carbocycles. The minimum atomic E-state index is -0.982. The summed E-state index contributed by atoms with van der Waals surface area (Å²) in [6, 6.07) is 15.9. The van der Waals surface area contributed by atoms with Gasteiger partial charge in [-0.05, 0) is 22.3 Å². The zero-order valence-corrected chi connectivity index (χ0v) is 13.2. The number of benzene rings is 2. The molecule has 1 aliphatic heterocycles. The van der Waals surface area contributed by atoms with Crippen LogP contribution in [0.15, 0.2) is 48.5 Å². The molecule has 1 aliphatic carbocycles. The van der Waals surface area contributed by atoms with E-state index in [4.69, 9.17) is 0 Å². The van der Waals surface area contributed by atoms with Gasteiger partial charge in [0.25, 0.3) is 0 Å². The molecule has 0 bridgehead atoms. The van der Waals surface area contributed by atoms with Crippen LogP contribution in [-0.4, -0.2) is 53.0 Å². The highest BCUT2D eigenvalue weighted by atomic mass is 16.4. The molecule has 2 aromatic rings. The van der Waals surface area contributed by atoms with Crippen LogP contribution in [0.1, 0.15) is 17.0 Å². The van der Waals surface area contributed by atoms with Crippen molar-refractivity contribution in [1.29, 1.82) is 0 Å². The fraction of sp³-hybridized carbons (Fsp3) is 0.316. The molecule has 0 unspecified atom stereocenters. The Morgan fingerprint density at radius 1 is 1.04 bits per heavy atom. The summed E-state index contributed by atoms with van der Waals surface area (Å²) in [7, 11) is 0. The summed E-state index contributed by atoms with van der Waals surface area (Å²) in [5.41, 5.74) is 4.66. The third-order valence-corrected chi connectivity index (χ3v) is 5.14. The van der Waals surface area contributed by atoms with Crippen molar-refractivity contribution in [1.82, 2.24) is 10.2 Å². The van der Waals surface area contributed by atoms with E-state index in [2.05, 4.69) is 29.6 Å². The molecule has 4 rings (SSSR count). The highest BCUT2D eigenvalue weighted by molar-refractivity contribution is 5.79. The number of β-amino-alcohol motifs (C(OH)–C–C–N with tert-alkyl or cyclic N) is 1. The maximum atomic E-state index is 11.8. The molecule has 0 saturated carbocycles. The first-order chi connectivity index (χ1) is 11.7. The molecule has 3 N–H and O–H groups in total. The van der Waals surface area contributed by atoms with E-state index in [9.17, 15) is 15.0 Å². The number of hydrogen-bond donors (Lipinski definition) is 3. The van der Waals surface area contributed by atoms with Crippen molar-refractivity contribution in [2.75, 3.05) is 19.6 Å². The molecule has 5 heteroatoms. The minimum absolute atomic E-state index is 0.00120. The van der Waals surface area contributed by atoms with Crippen LogP contribution in [0, 0.1) is 0 Å². The fourth-order valence-corrected chi connectivity index (χ4v) is 3.98. The van der Waals surface area contributed by atoms with Crippen molar-refractivity contribution in [3.63, 3.8) is 0 Å². The van der Waals surface area contributed by atoms with Crippen LogP contribution in [0.4, 0.5) is 4.79 Å². The molecule has 0 aromatic heterocycles. The molecule has 5 nitrogen and oxygen atoms in total. The monoisotopic (exact) mass is 324 g/mol. The standard InChI is InChI=1S/C19H20N2O3/c22-18-10-20-9-17(18)21(19(23)24)11-16-14-7-3-1-5-12(14)13-6-2-4-8-15(13)16/h1-8,16-18,20,22H,9-11H2,(H,23,24)/t17-,18+/m1/s1. The number of fused-ring (bicyclic) bond motifs is 3. The van der Waals surface area contributed by atoms with Crippen molar-refractivity contribution in [2.24, 2.45) is 0 Å². The Bertz CT molecular complexity index is 731. The Kier molecular flexibility index (Phi) is 3.75. The Morgan fingerprint density at radius 3 is 2.12 bits per heavy atom. The van der Waals surface area contributed by atoms with Gasteiger partial charge in [-0.2, -0.15) is 0 Å². The Labute approximate surface area is 140 Å². The number of nitrogens with zero attached hydrogens (tertiary/aromatic N) is 1. The largest absolute Gasteiger partial charge is 0.465 e. The Morgan fingerprint density at radius 2 is 1.62 bits per heavy atom. The van der Waals surface area contributed by atoms with Crippen molar-refractivity contribution in [2.45, 2.75) is 18.1 Å². The van der Waals surface area contributed by atoms with Crippen LogP contribution in [0.3, 0.4) is 0 Å². The first kappa shape index (κ1) is 15.2. The summed E-state index contributed by atoms with van der Waals surface area (Å²) < 4.78 is 0. The summed E-state index contributed by atoms with van der Waals surface area (Å²) in [6.45, 7) is 1.28. The van der Waals surface area contributed by atoms with Crippen molar-refractivity contribution in [3.05, 3.63) is 59.7 Å². The van der Waals surface area contributed by atoms with Gasteiger partial charge in [-0.1, -0.05) is 48.5 Å². The van der Waals surface area contributed by atoms with E-state index in [1.54, 1.807) is 0 Å². The third kappa shape index (κ3) is 2.37. The van der Waals surface area contributed by atoms with Crippen LogP contribution in [0.5, 0.6) is 0 Å². The zero-order valence-electron chi connectivity index (χ0n) is 13.2. The lowest BCUT2D eigenvalue weighted by Crippen LogP contribution is -2.48. The third-order valence-electron chi connectivity index (χ3n) is 5.14. The molecule has 0 spiro atoms. The fourth-order valence-electron chi connectivity index (χ4n) is 3.98. The number of amides is 1. The number of hydrogen-bond acceptors (Lipinski definition) is 3. The van der Waals surface area contributed by atoms with E-state index in [1.807, 2.05) is 24.3 Å². The maximum absolute atomic E-state index is 11.8. The summed E-state index contributed by atoms with van der Waals surface area (Å²) in [6.07, 6.45) is -1.64. The van der Waals surface area contributed by atoms with Crippen molar-refractivity contribution < 1.29 is 15.0 Å². The topological polar surface area (TPSA) is 72.8 Å². The molecule has 1 fully saturated rings. The highest BCUT2D eigenvalue weighted by Crippen LogP contribution is 2.45. The normalized spacial score (nSPS) is 22.2. The quantitative estimate of drug-likeness (QED) is 0.808. The molecule has 1 saturated heterocycles. The smallest absolute Gasteiger partial charge is 0.407 e. The van der Waals surface area contributed by atoms with Gasteiger partial charge in [0.1, 0.15) is 0 Å². The lowest BCUT2D eigenvalue weighted by Gasteiger charge is -2.30. The SMILES string of the molecule is O=C(O)N(CC1c2ccccc2-c2ccccc21)[C@@H]1CNC[C@@H]1O. The second-order valence-corrected chi connectivity index (χ2v) is 6.45. The number of carboxylic acid groups (broad SMARTS) is 1. The molecule has 24 heavy (non-hydrogen) atoms. The Hall–Kier alpha value is -2.37. The van der Waals surface area contributed by atoms with E-state index in [1.165, 1.54) is 16.0 Å². The molecular weight excluding hydrogens is 304 g/mol. The molecular formula is C19H20N2O3. The molecule has 1 amide bonds. The van der Waals surface area contributed by atoms with E-state index in [0.717, 1.165) is 11.1 Å². The molecule has 2 aliphatic rings. The van der Waals surface area contributed by atoms with Crippen LogP contribution < -0.4 is 5.32 Å². The first-order valence-corrected chi connectivity index (χ1v) is 8.23. The van der Waals surface area contributed by atoms with E-state index in [-0.39, 0.29) is 5.92 Å². The molecule has 0 radical (unpaired) electrons. The van der Waals surface area contributed by atoms with Crippen molar-refractivity contribution in [3.8, 4) is 11.1 Å². The van der Waals surface area contributed by atoms with Crippen LogP contribution in [0.2, 0.25) is 0 Å². The maximum Gasteiger partial charge on any atom is 0.407 e. The zero-order chi connectivity index (χ0) is 16.7. The summed E-state index contributed by atoms with van der Waals surface area (Å²) in [5.74, 6) is 0.00120. The summed E-state index contributed by atoms with van der Waals surface area (Å²) >= 11 is 0. The number of nitrogens with one attached hydrogen (secondary N) is 1. The van der Waals surface area contributed by atoms with Gasteiger partial charge in [0, 0.05) is 25.6 Å². The highest BCUT2D eigenvalue weighted by Gasteiger charge is 2.37. The van der Waals surface area contributed by atoms with E-state index in [0.29, 0.717) is 19.6 Å². The predicted molar refractivity (Wildman–Crippen MR) is 91.1 cm³/mol. The predicted octanol–water partition coefficient (Wildman–Crippen LogP) is 2.11. The number of rotatable bonds is 3. The van der Waals surface area contributed by atoms with Crippen LogP contribution >= 0.6 is 0 Å². The second-order valence-electron chi connectivity index (χ2n) is 6.45. The van der Waals surface area contributed by atoms with Gasteiger partial charge in [0.15, 0.2) is 0 Å². The van der Waals surface area contributed by atoms with Crippen LogP contribution in [0.25, 0.3) is 11.1 Å². The minimum Gasteiger partial charge on any atom is -0.465 e. The van der Waals surface area contributed by atoms with Gasteiger partial charge in [-0.15, -0.1) is 0 Å². The number of carbonyl (C=O) groups is 1. The van der Waals surface area contributed by atoms with Crippen LogP contribution in [-0.2, 0) is 0 Å². The van der Waals surface area contributed by atoms with E-state index >= 15 is 0 Å². The van der Waals surface area contributed by atoms with Gasteiger partial charge in [-0.3, -0.25) is 0 Å². The van der Waals surface area contributed by atoms with Gasteiger partial charge in [0.2, 0.25) is 0 Å². The average Bonchev–Trinajstić information content (AvgIpc) is 3.14. The molecule has 2 atom stereocenters. The number of aliphatic hydroxyl groups excluding tert-OH is 1. The molecule has 124 valence electrons. The lowest BCUT2D eigenvalue weighted by molar-refractivity contribution is 0.0728. The van der Waals surface area contributed by atoms with Crippen molar-refractivity contribution >= 4 is 6.09 Å². The second kappa shape index (κ2) is 5.92. The van der Waals surface area contributed by atoms with Gasteiger partial charge >= 0.3 is 6.09 Å². The lowest BCUT2D eigenvalue weighted by atomic mass is 9.95. The Balaban J connectivity index is 1.72. The number of aliphatic hydroxyl groups is 1. The van der Waals surface area contributed by atoms with Gasteiger partial charge in [-0.25, -0.2) is 4.79 Å². The molecule has 1 heterocycles. The summed E-state index contributed by atoms with van der Waals surface area (Å²) in [4.78, 5) is 13.2. The first-order valence-electron chi connectivity index (χ1n) is 8.23. The van der Waals surface area contributed by atoms with Gasteiger partial charge in [0.05, 0.1) is 12.1 Å². The summed E-state index contributed by atoms with van der Waals surface area (Å²) in [5, 5.41) is 22.9. The average molecular weight is 324 g/mol.